The molecule has 0 aliphatic carbocycles. The molecule has 1 N–H and O–H groups in total. The van der Waals surface area contributed by atoms with E-state index in [0.29, 0.717) is 0 Å². The van der Waals surface area contributed by atoms with E-state index in [1.807, 2.05) is 12.3 Å². The molecule has 2 heteroatoms. The summed E-state index contributed by atoms with van der Waals surface area (Å²) in [6.45, 7) is 4.71. The topological polar surface area (TPSA) is 17.3 Å². The van der Waals surface area contributed by atoms with Gasteiger partial charge in [0.2, 0.25) is 0 Å². The van der Waals surface area contributed by atoms with Gasteiger partial charge in [0.05, 0.1) is 20.1 Å². The van der Waals surface area contributed by atoms with Crippen LogP contribution < -0.4 is 4.90 Å². The Kier molecular flexibility index (Phi) is 5.23. The second kappa shape index (κ2) is 6.55. The van der Waals surface area contributed by atoms with Crippen LogP contribution in [-0.4, -0.2) is 25.1 Å². The zero-order chi connectivity index (χ0) is 10.2. The average molecular weight is 193 g/mol. The predicted octanol–water partition coefficient (Wildman–Crippen LogP) is 0.939. The smallest absolute Gasteiger partial charge is 0.0825 e. The first kappa shape index (κ1) is 11.2. The molecular weight excluding hydrogens is 172 g/mol. The molecule has 0 radical (unpaired) electrons. The number of hydrogen-bond acceptors (Lipinski definition) is 1. The van der Waals surface area contributed by atoms with Gasteiger partial charge in [-0.15, -0.1) is 0 Å². The maximum absolute atomic E-state index is 4.32. The minimum atomic E-state index is 1.09. The van der Waals surface area contributed by atoms with E-state index in [4.69, 9.17) is 0 Å². The van der Waals surface area contributed by atoms with Crippen molar-refractivity contribution in [3.05, 3.63) is 30.1 Å². The molecule has 78 valence electrons. The van der Waals surface area contributed by atoms with Crippen molar-refractivity contribution in [2.45, 2.75) is 26.2 Å². The van der Waals surface area contributed by atoms with Crippen molar-refractivity contribution in [3.63, 3.8) is 0 Å². The van der Waals surface area contributed by atoms with Gasteiger partial charge in [0.15, 0.2) is 0 Å². The van der Waals surface area contributed by atoms with Gasteiger partial charge >= 0.3 is 0 Å². The Morgan fingerprint density at radius 2 is 2.14 bits per heavy atom. The van der Waals surface area contributed by atoms with Gasteiger partial charge in [0, 0.05) is 18.3 Å². The van der Waals surface area contributed by atoms with E-state index < -0.39 is 0 Å². The molecule has 1 unspecified atom stereocenters. The Bertz CT molecular complexity index is 233. The van der Waals surface area contributed by atoms with Crippen LogP contribution in [0, 0.1) is 0 Å². The molecule has 0 saturated carbocycles. The molecule has 0 bridgehead atoms. The zero-order valence-corrected chi connectivity index (χ0v) is 9.29. The lowest BCUT2D eigenvalue weighted by Crippen LogP contribution is -3.09. The van der Waals surface area contributed by atoms with Gasteiger partial charge in [-0.05, 0) is 18.6 Å². The monoisotopic (exact) mass is 193 g/mol. The van der Waals surface area contributed by atoms with Crippen molar-refractivity contribution >= 4 is 0 Å². The van der Waals surface area contributed by atoms with Crippen molar-refractivity contribution < 1.29 is 4.90 Å². The van der Waals surface area contributed by atoms with E-state index in [0.717, 1.165) is 6.42 Å². The lowest BCUT2D eigenvalue weighted by molar-refractivity contribution is -0.879. The second-order valence-corrected chi connectivity index (χ2v) is 3.88. The molecule has 1 atom stereocenters. The summed E-state index contributed by atoms with van der Waals surface area (Å²) in [5.74, 6) is 0. The summed E-state index contributed by atoms with van der Waals surface area (Å²) in [6, 6.07) is 6.13. The standard InChI is InChI=1S/C12H20N2/c1-3-4-10-14(2)11-8-12-7-5-6-9-13-12/h5-7,9H,3-4,8,10-11H2,1-2H3/p+1. The van der Waals surface area contributed by atoms with Crippen LogP contribution in [0.5, 0.6) is 0 Å². The summed E-state index contributed by atoms with van der Waals surface area (Å²) < 4.78 is 0. The van der Waals surface area contributed by atoms with Gasteiger partial charge < -0.3 is 4.90 Å². The molecule has 0 fully saturated rings. The minimum absolute atomic E-state index is 1.09. The lowest BCUT2D eigenvalue weighted by Gasteiger charge is -2.12. The third-order valence-corrected chi connectivity index (χ3v) is 2.49. The number of aromatic nitrogens is 1. The van der Waals surface area contributed by atoms with Gasteiger partial charge in [0.1, 0.15) is 0 Å². The molecule has 1 aromatic rings. The predicted molar refractivity (Wildman–Crippen MR) is 59.5 cm³/mol. The molecule has 1 aromatic heterocycles. The maximum Gasteiger partial charge on any atom is 0.0825 e. The highest BCUT2D eigenvalue weighted by atomic mass is 15.1. The molecular formula is C12H21N2+. The van der Waals surface area contributed by atoms with E-state index in [1.165, 1.54) is 31.6 Å². The third kappa shape index (κ3) is 4.38. The molecule has 0 amide bonds. The molecule has 2 nitrogen and oxygen atoms in total. The van der Waals surface area contributed by atoms with E-state index in [-0.39, 0.29) is 0 Å². The van der Waals surface area contributed by atoms with Crippen molar-refractivity contribution in [1.82, 2.24) is 4.98 Å². The number of pyridine rings is 1. The third-order valence-electron chi connectivity index (χ3n) is 2.49. The molecule has 0 spiro atoms. The quantitative estimate of drug-likeness (QED) is 0.711. The van der Waals surface area contributed by atoms with Gasteiger partial charge in [0.25, 0.3) is 0 Å². The molecule has 0 aliphatic rings. The van der Waals surface area contributed by atoms with Crippen LogP contribution >= 0.6 is 0 Å². The van der Waals surface area contributed by atoms with Gasteiger partial charge in [-0.3, -0.25) is 4.98 Å². The van der Waals surface area contributed by atoms with Crippen LogP contribution in [0.2, 0.25) is 0 Å². The van der Waals surface area contributed by atoms with Crippen molar-refractivity contribution in [2.75, 3.05) is 20.1 Å². The normalized spacial score (nSPS) is 12.7. The van der Waals surface area contributed by atoms with Crippen LogP contribution in [-0.2, 0) is 6.42 Å². The van der Waals surface area contributed by atoms with Crippen LogP contribution in [0.1, 0.15) is 25.5 Å². The van der Waals surface area contributed by atoms with Crippen LogP contribution in [0.15, 0.2) is 24.4 Å². The van der Waals surface area contributed by atoms with Crippen LogP contribution in [0.4, 0.5) is 0 Å². The zero-order valence-electron chi connectivity index (χ0n) is 9.29. The summed E-state index contributed by atoms with van der Waals surface area (Å²) in [6.07, 6.45) is 5.59. The summed E-state index contributed by atoms with van der Waals surface area (Å²) in [7, 11) is 2.26. The number of unbranched alkanes of at least 4 members (excludes halogenated alkanes) is 1. The Morgan fingerprint density at radius 3 is 2.79 bits per heavy atom. The number of nitrogens with one attached hydrogen (secondary N) is 1. The minimum Gasteiger partial charge on any atom is -0.337 e. The van der Waals surface area contributed by atoms with E-state index >= 15 is 0 Å². The molecule has 0 aromatic carbocycles. The number of hydrogen-bond donors (Lipinski definition) is 1. The first-order chi connectivity index (χ1) is 6.83. The Hall–Kier alpha value is -0.890. The SMILES string of the molecule is CCCC[NH+](C)CCc1ccccn1. The van der Waals surface area contributed by atoms with E-state index in [2.05, 4.69) is 31.1 Å². The van der Waals surface area contributed by atoms with Crippen LogP contribution in [0.3, 0.4) is 0 Å². The molecule has 1 rings (SSSR count). The van der Waals surface area contributed by atoms with Crippen molar-refractivity contribution in [3.8, 4) is 0 Å². The summed E-state index contributed by atoms with van der Waals surface area (Å²) in [5, 5.41) is 0. The first-order valence-corrected chi connectivity index (χ1v) is 5.54. The summed E-state index contributed by atoms with van der Waals surface area (Å²) in [4.78, 5) is 5.93. The molecule has 14 heavy (non-hydrogen) atoms. The number of nitrogens with zero attached hydrogens (tertiary/aromatic N) is 1. The largest absolute Gasteiger partial charge is 0.337 e. The first-order valence-electron chi connectivity index (χ1n) is 5.54. The second-order valence-electron chi connectivity index (χ2n) is 3.88. The number of likely N-dealkylation sites (N-methyl/N-ethyl adjacent to an activating group) is 1. The van der Waals surface area contributed by atoms with E-state index in [9.17, 15) is 0 Å². The summed E-state index contributed by atoms with van der Waals surface area (Å²) >= 11 is 0. The van der Waals surface area contributed by atoms with E-state index in [1.54, 1.807) is 4.90 Å². The highest BCUT2D eigenvalue weighted by Crippen LogP contribution is 1.91. The fourth-order valence-corrected chi connectivity index (χ4v) is 1.49. The Balaban J connectivity index is 2.20. The molecule has 1 heterocycles. The summed E-state index contributed by atoms with van der Waals surface area (Å²) in [5.41, 5.74) is 1.21. The maximum atomic E-state index is 4.32. The van der Waals surface area contributed by atoms with Gasteiger partial charge in [-0.2, -0.15) is 0 Å². The fraction of sp³-hybridized carbons (Fsp3) is 0.583. The fourth-order valence-electron chi connectivity index (χ4n) is 1.49. The molecule has 0 aliphatic heterocycles. The number of quaternary nitrogens is 1. The highest BCUT2D eigenvalue weighted by molar-refractivity contribution is 5.03. The lowest BCUT2D eigenvalue weighted by atomic mass is 10.2. The Labute approximate surface area is 87.0 Å². The van der Waals surface area contributed by atoms with Gasteiger partial charge in [-0.1, -0.05) is 19.4 Å². The van der Waals surface area contributed by atoms with Crippen LogP contribution in [0.25, 0.3) is 0 Å². The highest BCUT2D eigenvalue weighted by Gasteiger charge is 2.01. The van der Waals surface area contributed by atoms with Gasteiger partial charge in [-0.25, -0.2) is 0 Å². The molecule has 0 saturated heterocycles. The van der Waals surface area contributed by atoms with Crippen molar-refractivity contribution in [1.29, 1.82) is 0 Å². The van der Waals surface area contributed by atoms with Crippen molar-refractivity contribution in [2.24, 2.45) is 0 Å². The Morgan fingerprint density at radius 1 is 1.29 bits per heavy atom. The number of rotatable bonds is 6. The average Bonchev–Trinajstić information content (AvgIpc) is 2.25.